The summed E-state index contributed by atoms with van der Waals surface area (Å²) in [5.41, 5.74) is 1.53. The van der Waals surface area contributed by atoms with E-state index in [0.29, 0.717) is 16.7 Å². The van der Waals surface area contributed by atoms with Crippen molar-refractivity contribution in [3.63, 3.8) is 0 Å². The molecule has 108 valence electrons. The van der Waals surface area contributed by atoms with Gasteiger partial charge in [-0.25, -0.2) is 0 Å². The van der Waals surface area contributed by atoms with Crippen molar-refractivity contribution < 1.29 is 17.7 Å². The monoisotopic (exact) mass is 303 g/mol. The minimum absolute atomic E-state index is 0.0427. The molecule has 0 radical (unpaired) electrons. The van der Waals surface area contributed by atoms with Gasteiger partial charge < -0.3 is 9.29 Å². The Bertz CT molecular complexity index is 789. The van der Waals surface area contributed by atoms with E-state index in [4.69, 9.17) is 9.44 Å². The first-order valence-electron chi connectivity index (χ1n) is 6.10. The van der Waals surface area contributed by atoms with Crippen molar-refractivity contribution in [2.75, 3.05) is 0 Å². The van der Waals surface area contributed by atoms with Crippen molar-refractivity contribution in [2.24, 2.45) is 0 Å². The Kier molecular flexibility index (Phi) is 4.15. The number of phenols is 1. The van der Waals surface area contributed by atoms with Gasteiger partial charge in [-0.3, -0.25) is 0 Å². The Morgan fingerprint density at radius 1 is 1.19 bits per heavy atom. The Hall–Kier alpha value is -2.52. The molecule has 0 unspecified atom stereocenters. The van der Waals surface area contributed by atoms with Gasteiger partial charge in [0, 0.05) is 0 Å². The van der Waals surface area contributed by atoms with E-state index in [1.165, 1.54) is 30.3 Å². The Labute approximate surface area is 123 Å². The zero-order chi connectivity index (χ0) is 15.5. The number of aryl methyl sites for hydroxylation is 1. The van der Waals surface area contributed by atoms with Crippen molar-refractivity contribution in [3.05, 3.63) is 59.2 Å². The lowest BCUT2D eigenvalue weighted by atomic mass is 10.1. The molecule has 0 bridgehead atoms. The fourth-order valence-corrected chi connectivity index (χ4v) is 2.76. The first-order valence-corrected chi connectivity index (χ1v) is 7.68. The van der Waals surface area contributed by atoms with E-state index in [2.05, 4.69) is 0 Å². The predicted molar refractivity (Wildman–Crippen MR) is 77.3 cm³/mol. The Morgan fingerprint density at radius 3 is 2.43 bits per heavy atom. The highest BCUT2D eigenvalue weighted by atomic mass is 32.2. The van der Waals surface area contributed by atoms with Gasteiger partial charge in [-0.2, -0.15) is 13.7 Å². The van der Waals surface area contributed by atoms with Gasteiger partial charge >= 0.3 is 10.1 Å². The normalized spacial score (nSPS) is 10.9. The van der Waals surface area contributed by atoms with Gasteiger partial charge in [-0.05, 0) is 48.4 Å². The van der Waals surface area contributed by atoms with E-state index in [1.807, 2.05) is 6.07 Å². The van der Waals surface area contributed by atoms with Crippen LogP contribution < -0.4 is 4.18 Å². The van der Waals surface area contributed by atoms with Gasteiger partial charge in [0.2, 0.25) is 0 Å². The molecule has 0 amide bonds. The van der Waals surface area contributed by atoms with Crippen molar-refractivity contribution in [1.29, 1.82) is 5.26 Å². The molecule has 5 nitrogen and oxygen atoms in total. The summed E-state index contributed by atoms with van der Waals surface area (Å²) in [5, 5.41) is 18.2. The first kappa shape index (κ1) is 14.9. The molecule has 2 rings (SSSR count). The van der Waals surface area contributed by atoms with Crippen LogP contribution in [-0.4, -0.2) is 13.5 Å². The van der Waals surface area contributed by atoms with Gasteiger partial charge in [0.15, 0.2) is 0 Å². The molecule has 0 heterocycles. The number of hydrogen-bond acceptors (Lipinski definition) is 5. The molecule has 2 aromatic carbocycles. The van der Waals surface area contributed by atoms with Crippen molar-refractivity contribution in [3.8, 4) is 17.6 Å². The maximum atomic E-state index is 12.0. The van der Waals surface area contributed by atoms with Gasteiger partial charge in [0.25, 0.3) is 0 Å². The minimum Gasteiger partial charge on any atom is -0.508 e. The highest BCUT2D eigenvalue weighted by Gasteiger charge is 2.15. The van der Waals surface area contributed by atoms with Crippen molar-refractivity contribution in [1.82, 2.24) is 0 Å². The maximum absolute atomic E-state index is 12.0. The number of nitriles is 1. The second-order valence-electron chi connectivity index (χ2n) is 4.54. The van der Waals surface area contributed by atoms with E-state index in [-0.39, 0.29) is 17.3 Å². The fourth-order valence-electron chi connectivity index (χ4n) is 1.71. The van der Waals surface area contributed by atoms with Crippen LogP contribution in [0.2, 0.25) is 0 Å². The summed E-state index contributed by atoms with van der Waals surface area (Å²) in [4.78, 5) is 0. The van der Waals surface area contributed by atoms with Crippen LogP contribution in [-0.2, 0) is 15.9 Å². The number of hydrogen-bond donors (Lipinski definition) is 1. The second kappa shape index (κ2) is 5.85. The van der Waals surface area contributed by atoms with Gasteiger partial charge in [-0.1, -0.05) is 12.1 Å². The standard InChI is InChI=1S/C15H13NO4S/c1-11-2-3-13(8-15(11)17)10-21(18,19)20-14-6-4-12(9-16)5-7-14/h2-8,17H,10H2,1H3. The number of nitrogens with zero attached hydrogens (tertiary/aromatic N) is 1. The van der Waals surface area contributed by atoms with E-state index >= 15 is 0 Å². The largest absolute Gasteiger partial charge is 0.508 e. The van der Waals surface area contributed by atoms with E-state index in [1.54, 1.807) is 19.1 Å². The maximum Gasteiger partial charge on any atom is 0.313 e. The fraction of sp³-hybridized carbons (Fsp3) is 0.133. The Balaban J connectivity index is 2.14. The number of aromatic hydroxyl groups is 1. The Morgan fingerprint density at radius 2 is 1.86 bits per heavy atom. The van der Waals surface area contributed by atoms with Gasteiger partial charge in [0.05, 0.1) is 11.6 Å². The third-order valence-electron chi connectivity index (χ3n) is 2.82. The molecule has 21 heavy (non-hydrogen) atoms. The third-order valence-corrected chi connectivity index (χ3v) is 3.96. The topological polar surface area (TPSA) is 87.4 Å². The summed E-state index contributed by atoms with van der Waals surface area (Å²) in [7, 11) is -3.83. The SMILES string of the molecule is Cc1ccc(CS(=O)(=O)Oc2ccc(C#N)cc2)cc1O. The van der Waals surface area contributed by atoms with Crippen LogP contribution in [0, 0.1) is 18.3 Å². The van der Waals surface area contributed by atoms with Crippen LogP contribution in [0.1, 0.15) is 16.7 Å². The lowest BCUT2D eigenvalue weighted by Crippen LogP contribution is -2.12. The van der Waals surface area contributed by atoms with Crippen LogP contribution in [0.25, 0.3) is 0 Å². The van der Waals surface area contributed by atoms with Crippen LogP contribution >= 0.6 is 0 Å². The number of phenolic OH excluding ortho intramolecular Hbond substituents is 1. The minimum atomic E-state index is -3.83. The quantitative estimate of drug-likeness (QED) is 0.877. The molecular formula is C15H13NO4S. The summed E-state index contributed by atoms with van der Waals surface area (Å²) >= 11 is 0. The second-order valence-corrected chi connectivity index (χ2v) is 6.11. The van der Waals surface area contributed by atoms with E-state index in [9.17, 15) is 13.5 Å². The molecule has 0 spiro atoms. The molecule has 2 aromatic rings. The van der Waals surface area contributed by atoms with Crippen LogP contribution in [0.15, 0.2) is 42.5 Å². The molecule has 0 aliphatic heterocycles. The number of benzene rings is 2. The average molecular weight is 303 g/mol. The summed E-state index contributed by atoms with van der Waals surface area (Å²) in [6, 6.07) is 12.4. The van der Waals surface area contributed by atoms with Crippen LogP contribution in [0.3, 0.4) is 0 Å². The molecule has 0 aromatic heterocycles. The lowest BCUT2D eigenvalue weighted by molar-refractivity contribution is 0.470. The highest BCUT2D eigenvalue weighted by molar-refractivity contribution is 7.86. The molecular weight excluding hydrogens is 290 g/mol. The summed E-state index contributed by atoms with van der Waals surface area (Å²) < 4.78 is 28.9. The van der Waals surface area contributed by atoms with Crippen molar-refractivity contribution in [2.45, 2.75) is 12.7 Å². The molecule has 1 N–H and O–H groups in total. The smallest absolute Gasteiger partial charge is 0.313 e. The molecule has 0 atom stereocenters. The first-order chi connectivity index (χ1) is 9.89. The molecule has 6 heteroatoms. The molecule has 0 aliphatic carbocycles. The lowest BCUT2D eigenvalue weighted by Gasteiger charge is -2.08. The predicted octanol–water partition coefficient (Wildman–Crippen LogP) is 2.48. The van der Waals surface area contributed by atoms with Gasteiger partial charge in [-0.15, -0.1) is 0 Å². The van der Waals surface area contributed by atoms with Crippen LogP contribution in [0.5, 0.6) is 11.5 Å². The summed E-state index contributed by atoms with van der Waals surface area (Å²) in [5.74, 6) is -0.160. The molecule has 0 fully saturated rings. The van der Waals surface area contributed by atoms with Crippen molar-refractivity contribution >= 4 is 10.1 Å². The van der Waals surface area contributed by atoms with E-state index in [0.717, 1.165) is 0 Å². The molecule has 0 saturated heterocycles. The highest BCUT2D eigenvalue weighted by Crippen LogP contribution is 2.21. The molecule has 0 saturated carbocycles. The zero-order valence-electron chi connectivity index (χ0n) is 11.3. The average Bonchev–Trinajstić information content (AvgIpc) is 2.43. The van der Waals surface area contributed by atoms with Crippen LogP contribution in [0.4, 0.5) is 0 Å². The number of rotatable bonds is 4. The summed E-state index contributed by atoms with van der Waals surface area (Å²) in [6.07, 6.45) is 0. The molecule has 0 aliphatic rings. The third kappa shape index (κ3) is 3.97. The van der Waals surface area contributed by atoms with E-state index < -0.39 is 10.1 Å². The zero-order valence-corrected chi connectivity index (χ0v) is 12.1. The summed E-state index contributed by atoms with van der Waals surface area (Å²) in [6.45, 7) is 1.72. The van der Waals surface area contributed by atoms with Gasteiger partial charge in [0.1, 0.15) is 17.3 Å².